The Kier molecular flexibility index (Phi) is 5.05. The summed E-state index contributed by atoms with van der Waals surface area (Å²) >= 11 is 3.02. The summed E-state index contributed by atoms with van der Waals surface area (Å²) in [5.74, 6) is -2.96. The number of nitrogens with one attached hydrogen (secondary N) is 1. The van der Waals surface area contributed by atoms with E-state index in [0.717, 1.165) is 12.1 Å². The van der Waals surface area contributed by atoms with Crippen molar-refractivity contribution in [2.75, 3.05) is 0 Å². The second-order valence-electron chi connectivity index (χ2n) is 4.11. The maximum Gasteiger partial charge on any atom is 0.307 e. The molecule has 0 aliphatic carbocycles. The summed E-state index contributed by atoms with van der Waals surface area (Å²) in [7, 11) is -4.09. The molecule has 5 nitrogen and oxygen atoms in total. The van der Waals surface area contributed by atoms with E-state index in [4.69, 9.17) is 5.11 Å². The lowest BCUT2D eigenvalue weighted by Gasteiger charge is -2.18. The number of halogens is 2. The van der Waals surface area contributed by atoms with Gasteiger partial charge in [0, 0.05) is 10.5 Å². The lowest BCUT2D eigenvalue weighted by atomic mass is 10.1. The molecule has 2 unspecified atom stereocenters. The van der Waals surface area contributed by atoms with Crippen LogP contribution < -0.4 is 4.72 Å². The van der Waals surface area contributed by atoms with Crippen LogP contribution in [0.3, 0.4) is 0 Å². The third kappa shape index (κ3) is 3.99. The molecule has 106 valence electrons. The van der Waals surface area contributed by atoms with Gasteiger partial charge in [0.1, 0.15) is 10.7 Å². The molecule has 0 saturated heterocycles. The van der Waals surface area contributed by atoms with Gasteiger partial charge in [0.2, 0.25) is 10.0 Å². The van der Waals surface area contributed by atoms with E-state index >= 15 is 0 Å². The Hall–Kier alpha value is -0.990. The number of rotatable bonds is 5. The average Bonchev–Trinajstić information content (AvgIpc) is 2.26. The van der Waals surface area contributed by atoms with Crippen molar-refractivity contribution in [1.82, 2.24) is 4.72 Å². The fourth-order valence-electron chi connectivity index (χ4n) is 1.32. The van der Waals surface area contributed by atoms with Gasteiger partial charge in [-0.15, -0.1) is 0 Å². The highest BCUT2D eigenvalue weighted by Crippen LogP contribution is 2.20. The molecule has 0 radical (unpaired) electrons. The van der Waals surface area contributed by atoms with Crippen molar-refractivity contribution >= 4 is 31.9 Å². The Morgan fingerprint density at radius 1 is 1.42 bits per heavy atom. The first-order valence-electron chi connectivity index (χ1n) is 5.35. The van der Waals surface area contributed by atoms with Crippen molar-refractivity contribution in [3.8, 4) is 0 Å². The number of sulfonamides is 1. The molecule has 0 aliphatic heterocycles. The van der Waals surface area contributed by atoms with Crippen molar-refractivity contribution in [2.45, 2.75) is 24.8 Å². The van der Waals surface area contributed by atoms with Gasteiger partial charge in [-0.05, 0) is 25.1 Å². The summed E-state index contributed by atoms with van der Waals surface area (Å²) in [6.45, 7) is 2.78. The fourth-order valence-corrected chi connectivity index (χ4v) is 3.03. The number of carboxylic acids is 1. The zero-order chi connectivity index (χ0) is 14.8. The van der Waals surface area contributed by atoms with Gasteiger partial charge >= 0.3 is 5.97 Å². The van der Waals surface area contributed by atoms with Gasteiger partial charge in [-0.1, -0.05) is 22.9 Å². The normalized spacial score (nSPS) is 14.9. The van der Waals surface area contributed by atoms with Crippen LogP contribution in [0.5, 0.6) is 0 Å². The fraction of sp³-hybridized carbons (Fsp3) is 0.364. The SMILES string of the molecule is CC(NS(=O)(=O)c1ccc(Br)cc1F)C(C)C(=O)O. The minimum absolute atomic E-state index is 0.413. The average molecular weight is 354 g/mol. The van der Waals surface area contributed by atoms with Crippen LogP contribution in [-0.2, 0) is 14.8 Å². The number of hydrogen-bond donors (Lipinski definition) is 2. The molecule has 0 spiro atoms. The van der Waals surface area contributed by atoms with E-state index in [1.807, 2.05) is 0 Å². The number of benzene rings is 1. The predicted molar refractivity (Wildman–Crippen MR) is 70.7 cm³/mol. The summed E-state index contributed by atoms with van der Waals surface area (Å²) in [6, 6.07) is 2.67. The molecule has 1 aromatic rings. The van der Waals surface area contributed by atoms with Crippen LogP contribution in [0.25, 0.3) is 0 Å². The highest BCUT2D eigenvalue weighted by atomic mass is 79.9. The maximum atomic E-state index is 13.6. The van der Waals surface area contributed by atoms with E-state index in [9.17, 15) is 17.6 Å². The van der Waals surface area contributed by atoms with Crippen LogP contribution >= 0.6 is 15.9 Å². The summed E-state index contributed by atoms with van der Waals surface area (Å²) in [6.07, 6.45) is 0. The lowest BCUT2D eigenvalue weighted by Crippen LogP contribution is -2.40. The third-order valence-corrected chi connectivity index (χ3v) is 4.75. The van der Waals surface area contributed by atoms with Gasteiger partial charge in [0.15, 0.2) is 0 Å². The maximum absolute atomic E-state index is 13.6. The minimum atomic E-state index is -4.09. The largest absolute Gasteiger partial charge is 0.481 e. The molecule has 2 atom stereocenters. The molecule has 2 N–H and O–H groups in total. The molecule has 1 aromatic carbocycles. The van der Waals surface area contributed by atoms with Crippen molar-refractivity contribution in [1.29, 1.82) is 0 Å². The van der Waals surface area contributed by atoms with Crippen molar-refractivity contribution in [3.05, 3.63) is 28.5 Å². The van der Waals surface area contributed by atoms with Gasteiger partial charge in [-0.25, -0.2) is 17.5 Å². The Bertz CT molecular complexity index is 590. The number of carbonyl (C=O) groups is 1. The van der Waals surface area contributed by atoms with Crippen LogP contribution in [0.2, 0.25) is 0 Å². The molecule has 0 amide bonds. The van der Waals surface area contributed by atoms with Gasteiger partial charge in [0.25, 0.3) is 0 Å². The van der Waals surface area contributed by atoms with Crippen LogP contribution in [0, 0.1) is 11.7 Å². The summed E-state index contributed by atoms with van der Waals surface area (Å²) in [5, 5.41) is 8.80. The van der Waals surface area contributed by atoms with Crippen LogP contribution in [0.1, 0.15) is 13.8 Å². The molecule has 0 saturated carbocycles. The zero-order valence-corrected chi connectivity index (χ0v) is 12.6. The molecule has 0 fully saturated rings. The van der Waals surface area contributed by atoms with Crippen molar-refractivity contribution in [3.63, 3.8) is 0 Å². The standard InChI is InChI=1S/C11H13BrFNO4S/c1-6(11(15)16)7(2)14-19(17,18)10-4-3-8(12)5-9(10)13/h3-7,14H,1-2H3,(H,15,16). The van der Waals surface area contributed by atoms with Gasteiger partial charge in [-0.3, -0.25) is 4.79 Å². The molecule has 1 rings (SSSR count). The topological polar surface area (TPSA) is 83.5 Å². The molecule has 0 heterocycles. The Labute approximate surface area is 119 Å². The molecular weight excluding hydrogens is 341 g/mol. The van der Waals surface area contributed by atoms with Gasteiger partial charge in [-0.2, -0.15) is 0 Å². The first-order valence-corrected chi connectivity index (χ1v) is 7.63. The van der Waals surface area contributed by atoms with Crippen LogP contribution in [-0.4, -0.2) is 25.5 Å². The van der Waals surface area contributed by atoms with Crippen molar-refractivity contribution in [2.24, 2.45) is 5.92 Å². The van der Waals surface area contributed by atoms with E-state index in [0.29, 0.717) is 4.47 Å². The second-order valence-corrected chi connectivity index (χ2v) is 6.71. The monoisotopic (exact) mass is 353 g/mol. The van der Waals surface area contributed by atoms with Crippen LogP contribution in [0.4, 0.5) is 4.39 Å². The first-order chi connectivity index (χ1) is 8.65. The van der Waals surface area contributed by atoms with E-state index in [2.05, 4.69) is 20.7 Å². The first kappa shape index (κ1) is 16.1. The number of aliphatic carboxylic acids is 1. The number of hydrogen-bond acceptors (Lipinski definition) is 3. The molecular formula is C11H13BrFNO4S. The summed E-state index contributed by atoms with van der Waals surface area (Å²) < 4.78 is 40.0. The molecule has 8 heteroatoms. The highest BCUT2D eigenvalue weighted by Gasteiger charge is 2.27. The van der Waals surface area contributed by atoms with E-state index in [1.54, 1.807) is 0 Å². The molecule has 0 aliphatic rings. The van der Waals surface area contributed by atoms with E-state index in [1.165, 1.54) is 19.9 Å². The Morgan fingerprint density at radius 3 is 2.47 bits per heavy atom. The van der Waals surface area contributed by atoms with Gasteiger partial charge in [0.05, 0.1) is 5.92 Å². The molecule has 0 aromatic heterocycles. The molecule has 0 bridgehead atoms. The second kappa shape index (κ2) is 5.98. The lowest BCUT2D eigenvalue weighted by molar-refractivity contribution is -0.141. The van der Waals surface area contributed by atoms with E-state index < -0.39 is 38.7 Å². The third-order valence-electron chi connectivity index (χ3n) is 2.66. The smallest absolute Gasteiger partial charge is 0.307 e. The number of carboxylic acid groups (broad SMARTS) is 1. The Balaban J connectivity index is 3.02. The van der Waals surface area contributed by atoms with Gasteiger partial charge < -0.3 is 5.11 Å². The highest BCUT2D eigenvalue weighted by molar-refractivity contribution is 9.10. The quantitative estimate of drug-likeness (QED) is 0.847. The summed E-state index contributed by atoms with van der Waals surface area (Å²) in [4.78, 5) is 10.2. The molecule has 19 heavy (non-hydrogen) atoms. The minimum Gasteiger partial charge on any atom is -0.481 e. The van der Waals surface area contributed by atoms with E-state index in [-0.39, 0.29) is 0 Å². The predicted octanol–water partition coefficient (Wildman–Crippen LogP) is 1.98. The van der Waals surface area contributed by atoms with Crippen molar-refractivity contribution < 1.29 is 22.7 Å². The Morgan fingerprint density at radius 2 is 2.00 bits per heavy atom. The zero-order valence-electron chi connectivity index (χ0n) is 10.2. The van der Waals surface area contributed by atoms with Crippen LogP contribution in [0.15, 0.2) is 27.6 Å². The summed E-state index contributed by atoms with van der Waals surface area (Å²) in [5.41, 5.74) is 0.